The summed E-state index contributed by atoms with van der Waals surface area (Å²) in [6.45, 7) is 3.46. The Morgan fingerprint density at radius 1 is 1.08 bits per heavy atom. The molecule has 1 saturated carbocycles. The van der Waals surface area contributed by atoms with E-state index in [0.29, 0.717) is 32.6 Å². The Balaban J connectivity index is 1.32. The minimum absolute atomic E-state index is 0.158. The summed E-state index contributed by atoms with van der Waals surface area (Å²) in [7, 11) is 0. The van der Waals surface area contributed by atoms with Gasteiger partial charge in [-0.05, 0) is 42.9 Å². The van der Waals surface area contributed by atoms with E-state index in [0.717, 1.165) is 43.6 Å². The maximum atomic E-state index is 12.5. The van der Waals surface area contributed by atoms with Crippen molar-refractivity contribution in [2.45, 2.75) is 32.1 Å². The zero-order valence-electron chi connectivity index (χ0n) is 14.0. The summed E-state index contributed by atoms with van der Waals surface area (Å²) >= 11 is 0. The number of carbonyl (C=O) groups excluding carboxylic acids is 2. The number of carbonyl (C=O) groups is 2. The van der Waals surface area contributed by atoms with Crippen molar-refractivity contribution >= 4 is 11.8 Å². The van der Waals surface area contributed by atoms with Crippen molar-refractivity contribution in [3.63, 3.8) is 0 Å². The molecule has 5 heteroatoms. The Morgan fingerprint density at radius 2 is 1.83 bits per heavy atom. The fourth-order valence-corrected chi connectivity index (χ4v) is 3.57. The van der Waals surface area contributed by atoms with Gasteiger partial charge in [-0.2, -0.15) is 0 Å². The fourth-order valence-electron chi connectivity index (χ4n) is 3.57. The van der Waals surface area contributed by atoms with Crippen molar-refractivity contribution < 1.29 is 14.3 Å². The van der Waals surface area contributed by atoms with Crippen LogP contribution in [0.15, 0.2) is 18.2 Å². The third kappa shape index (κ3) is 3.25. The number of hydrogen-bond donors (Lipinski definition) is 0. The van der Waals surface area contributed by atoms with E-state index in [2.05, 4.69) is 6.07 Å². The van der Waals surface area contributed by atoms with Crippen LogP contribution in [0, 0.1) is 5.92 Å². The predicted octanol–water partition coefficient (Wildman–Crippen LogP) is 1.63. The minimum Gasteiger partial charge on any atom is -0.493 e. The van der Waals surface area contributed by atoms with Crippen LogP contribution < -0.4 is 4.74 Å². The first kappa shape index (κ1) is 15.5. The number of ether oxygens (including phenoxy) is 1. The molecule has 1 aliphatic carbocycles. The summed E-state index contributed by atoms with van der Waals surface area (Å²) in [4.78, 5) is 28.4. The van der Waals surface area contributed by atoms with Crippen molar-refractivity contribution in [2.24, 2.45) is 5.92 Å². The van der Waals surface area contributed by atoms with Gasteiger partial charge in [0.15, 0.2) is 0 Å². The number of benzene rings is 1. The molecule has 0 spiro atoms. The molecule has 2 fully saturated rings. The van der Waals surface area contributed by atoms with E-state index < -0.39 is 0 Å². The minimum atomic E-state index is 0.158. The summed E-state index contributed by atoms with van der Waals surface area (Å²) in [6, 6.07) is 6.09. The second kappa shape index (κ2) is 6.46. The Hall–Kier alpha value is -2.04. The van der Waals surface area contributed by atoms with Crippen LogP contribution in [-0.2, 0) is 22.4 Å². The molecule has 1 aromatic carbocycles. The quantitative estimate of drug-likeness (QED) is 0.847. The highest BCUT2D eigenvalue weighted by atomic mass is 16.5. The van der Waals surface area contributed by atoms with Gasteiger partial charge in [0.2, 0.25) is 11.8 Å². The number of piperazine rings is 1. The summed E-state index contributed by atoms with van der Waals surface area (Å²) < 4.78 is 5.63. The van der Waals surface area contributed by atoms with Gasteiger partial charge in [-0.3, -0.25) is 9.59 Å². The van der Waals surface area contributed by atoms with E-state index >= 15 is 0 Å². The number of nitrogens with zero attached hydrogens (tertiary/aromatic N) is 2. The Morgan fingerprint density at radius 3 is 2.58 bits per heavy atom. The lowest BCUT2D eigenvalue weighted by atomic mass is 10.0. The van der Waals surface area contributed by atoms with Gasteiger partial charge in [0.1, 0.15) is 5.75 Å². The molecule has 5 nitrogen and oxygen atoms in total. The second-order valence-corrected chi connectivity index (χ2v) is 7.05. The molecule has 4 rings (SSSR count). The summed E-state index contributed by atoms with van der Waals surface area (Å²) in [6.07, 6.45) is 4.59. The molecule has 1 saturated heterocycles. The second-order valence-electron chi connectivity index (χ2n) is 7.05. The monoisotopic (exact) mass is 328 g/mol. The van der Waals surface area contributed by atoms with Gasteiger partial charge in [-0.25, -0.2) is 0 Å². The standard InChI is InChI=1S/C19H24N2O3/c22-18(13-14-3-6-17-16(12-14)2-1-11-24-17)20-7-9-21(10-8-20)19(23)15-4-5-15/h3,6,12,15H,1-2,4-5,7-11,13H2. The maximum absolute atomic E-state index is 12.5. The molecule has 0 unspecified atom stereocenters. The largest absolute Gasteiger partial charge is 0.493 e. The first-order chi connectivity index (χ1) is 11.7. The molecule has 0 N–H and O–H groups in total. The Bertz CT molecular complexity index is 646. The van der Waals surface area contributed by atoms with Crippen LogP contribution in [0.4, 0.5) is 0 Å². The topological polar surface area (TPSA) is 49.9 Å². The van der Waals surface area contributed by atoms with Crippen LogP contribution >= 0.6 is 0 Å². The number of fused-ring (bicyclic) bond motifs is 1. The molecule has 128 valence electrons. The zero-order valence-corrected chi connectivity index (χ0v) is 14.0. The third-order valence-corrected chi connectivity index (χ3v) is 5.20. The van der Waals surface area contributed by atoms with Gasteiger partial charge in [0.25, 0.3) is 0 Å². The normalized spacial score (nSPS) is 20.3. The molecule has 0 aromatic heterocycles. The van der Waals surface area contributed by atoms with Gasteiger partial charge in [-0.1, -0.05) is 12.1 Å². The average Bonchev–Trinajstić information content (AvgIpc) is 3.46. The highest BCUT2D eigenvalue weighted by Gasteiger charge is 2.35. The van der Waals surface area contributed by atoms with Crippen LogP contribution in [0.3, 0.4) is 0 Å². The lowest BCUT2D eigenvalue weighted by Crippen LogP contribution is -2.51. The fraction of sp³-hybridized carbons (Fsp3) is 0.579. The number of aryl methyl sites for hydroxylation is 1. The van der Waals surface area contributed by atoms with Gasteiger partial charge in [0, 0.05) is 32.1 Å². The molecule has 1 aromatic rings. The molecule has 3 aliphatic rings. The summed E-state index contributed by atoms with van der Waals surface area (Å²) in [5, 5.41) is 0. The number of amides is 2. The Kier molecular flexibility index (Phi) is 4.17. The van der Waals surface area contributed by atoms with Crippen molar-refractivity contribution in [1.29, 1.82) is 0 Å². The van der Waals surface area contributed by atoms with Crippen LogP contribution in [0.5, 0.6) is 5.75 Å². The van der Waals surface area contributed by atoms with E-state index in [-0.39, 0.29) is 17.7 Å². The van der Waals surface area contributed by atoms with Gasteiger partial charge >= 0.3 is 0 Å². The van der Waals surface area contributed by atoms with Crippen LogP contribution in [0.25, 0.3) is 0 Å². The molecule has 24 heavy (non-hydrogen) atoms. The van der Waals surface area contributed by atoms with Crippen molar-refractivity contribution in [1.82, 2.24) is 9.80 Å². The van der Waals surface area contributed by atoms with Crippen molar-refractivity contribution in [3.05, 3.63) is 29.3 Å². The highest BCUT2D eigenvalue weighted by Crippen LogP contribution is 2.31. The first-order valence-electron chi connectivity index (χ1n) is 9.02. The smallest absolute Gasteiger partial charge is 0.227 e. The van der Waals surface area contributed by atoms with E-state index in [1.807, 2.05) is 21.9 Å². The van der Waals surface area contributed by atoms with E-state index in [4.69, 9.17) is 4.74 Å². The SMILES string of the molecule is O=C(Cc1ccc2c(c1)CCCO2)N1CCN(C(=O)C2CC2)CC1. The molecular weight excluding hydrogens is 304 g/mol. The predicted molar refractivity (Wildman–Crippen MR) is 89.8 cm³/mol. The lowest BCUT2D eigenvalue weighted by molar-refractivity contribution is -0.140. The van der Waals surface area contributed by atoms with Gasteiger partial charge in [-0.15, -0.1) is 0 Å². The van der Waals surface area contributed by atoms with E-state index in [9.17, 15) is 9.59 Å². The zero-order chi connectivity index (χ0) is 16.5. The molecule has 2 aliphatic heterocycles. The van der Waals surface area contributed by atoms with Crippen LogP contribution in [0.1, 0.15) is 30.4 Å². The number of hydrogen-bond acceptors (Lipinski definition) is 3. The maximum Gasteiger partial charge on any atom is 0.227 e. The van der Waals surface area contributed by atoms with Crippen molar-refractivity contribution in [3.8, 4) is 5.75 Å². The molecule has 2 heterocycles. The molecular formula is C19H24N2O3. The van der Waals surface area contributed by atoms with E-state index in [1.165, 1.54) is 5.56 Å². The molecule has 2 amide bonds. The lowest BCUT2D eigenvalue weighted by Gasteiger charge is -2.35. The van der Waals surface area contributed by atoms with Crippen molar-refractivity contribution in [2.75, 3.05) is 32.8 Å². The third-order valence-electron chi connectivity index (χ3n) is 5.20. The van der Waals surface area contributed by atoms with Gasteiger partial charge in [0.05, 0.1) is 13.0 Å². The first-order valence-corrected chi connectivity index (χ1v) is 9.02. The van der Waals surface area contributed by atoms with E-state index in [1.54, 1.807) is 0 Å². The number of rotatable bonds is 3. The molecule has 0 radical (unpaired) electrons. The van der Waals surface area contributed by atoms with Crippen LogP contribution in [0.2, 0.25) is 0 Å². The Labute approximate surface area is 142 Å². The van der Waals surface area contributed by atoms with Gasteiger partial charge < -0.3 is 14.5 Å². The molecule has 0 atom stereocenters. The summed E-state index contributed by atoms with van der Waals surface area (Å²) in [5.74, 6) is 1.68. The molecule has 0 bridgehead atoms. The highest BCUT2D eigenvalue weighted by molar-refractivity contribution is 5.82. The average molecular weight is 328 g/mol. The van der Waals surface area contributed by atoms with Crippen LogP contribution in [-0.4, -0.2) is 54.4 Å². The summed E-state index contributed by atoms with van der Waals surface area (Å²) in [5.41, 5.74) is 2.27.